The van der Waals surface area contributed by atoms with E-state index in [1.165, 1.54) is 17.2 Å². The van der Waals surface area contributed by atoms with Gasteiger partial charge in [-0.25, -0.2) is 4.39 Å². The molecule has 0 N–H and O–H groups in total. The first-order chi connectivity index (χ1) is 11.9. The maximum atomic E-state index is 13.6. The van der Waals surface area contributed by atoms with Crippen LogP contribution in [0.2, 0.25) is 0 Å². The number of aryl methyl sites for hydroxylation is 2. The van der Waals surface area contributed by atoms with Crippen molar-refractivity contribution in [3.63, 3.8) is 0 Å². The van der Waals surface area contributed by atoms with Gasteiger partial charge in [-0.3, -0.25) is 4.79 Å². The first-order valence-corrected chi connectivity index (χ1v) is 8.64. The quantitative estimate of drug-likeness (QED) is 0.794. The molecular weight excluding hydrogens is 317 g/mol. The maximum absolute atomic E-state index is 13.6. The van der Waals surface area contributed by atoms with Crippen molar-refractivity contribution in [1.82, 2.24) is 4.90 Å². The molecule has 0 saturated heterocycles. The fraction of sp³-hybridized carbons (Fsp3) is 0.381. The molecular formula is C21H24FNO2. The Bertz CT molecular complexity index is 763. The van der Waals surface area contributed by atoms with Gasteiger partial charge in [0.25, 0.3) is 0 Å². The number of benzene rings is 2. The zero-order valence-electron chi connectivity index (χ0n) is 15.0. The van der Waals surface area contributed by atoms with Crippen molar-refractivity contribution in [2.45, 2.75) is 32.1 Å². The lowest BCUT2D eigenvalue weighted by molar-refractivity contribution is -0.133. The van der Waals surface area contributed by atoms with Crippen molar-refractivity contribution in [2.75, 3.05) is 20.2 Å². The van der Waals surface area contributed by atoms with Crippen LogP contribution in [0.15, 0.2) is 42.5 Å². The largest absolute Gasteiger partial charge is 0.489 e. The number of carbonyl (C=O) groups is 1. The van der Waals surface area contributed by atoms with E-state index in [-0.39, 0.29) is 29.5 Å². The molecule has 0 spiro atoms. The third-order valence-corrected chi connectivity index (χ3v) is 4.80. The van der Waals surface area contributed by atoms with Crippen LogP contribution in [0, 0.1) is 19.7 Å². The highest BCUT2D eigenvalue weighted by Gasteiger charge is 2.52. The summed E-state index contributed by atoms with van der Waals surface area (Å²) in [5, 5.41) is 0. The first-order valence-electron chi connectivity index (χ1n) is 8.64. The summed E-state index contributed by atoms with van der Waals surface area (Å²) in [4.78, 5) is 14.7. The Balaban J connectivity index is 1.63. The molecule has 1 aliphatic rings. The molecule has 0 aromatic heterocycles. The van der Waals surface area contributed by atoms with Gasteiger partial charge < -0.3 is 9.64 Å². The monoisotopic (exact) mass is 341 g/mol. The smallest absolute Gasteiger partial charge is 0.233 e. The van der Waals surface area contributed by atoms with E-state index < -0.39 is 0 Å². The Kier molecular flexibility index (Phi) is 4.80. The van der Waals surface area contributed by atoms with E-state index >= 15 is 0 Å². The molecule has 1 aliphatic carbocycles. The van der Waals surface area contributed by atoms with Crippen molar-refractivity contribution >= 4 is 5.91 Å². The highest BCUT2D eigenvalue weighted by Crippen LogP contribution is 2.49. The minimum absolute atomic E-state index is 0.120. The Hall–Kier alpha value is -2.36. The Labute approximate surface area is 148 Å². The van der Waals surface area contributed by atoms with Gasteiger partial charge in [0.15, 0.2) is 11.6 Å². The summed E-state index contributed by atoms with van der Waals surface area (Å²) in [6.07, 6.45) is 1.76. The van der Waals surface area contributed by atoms with E-state index in [1.807, 2.05) is 0 Å². The molecule has 1 saturated carbocycles. The lowest BCUT2D eigenvalue weighted by Crippen LogP contribution is -2.39. The number of halogens is 1. The zero-order chi connectivity index (χ0) is 18.0. The molecule has 3 rings (SSSR count). The average Bonchev–Trinajstić information content (AvgIpc) is 3.37. The number of nitrogens with zero attached hydrogens (tertiary/aromatic N) is 1. The molecule has 1 fully saturated rings. The van der Waals surface area contributed by atoms with Crippen molar-refractivity contribution in [1.29, 1.82) is 0 Å². The number of hydrogen-bond acceptors (Lipinski definition) is 2. The molecule has 132 valence electrons. The third-order valence-electron chi connectivity index (χ3n) is 4.80. The van der Waals surface area contributed by atoms with Crippen LogP contribution in [0.25, 0.3) is 0 Å². The normalized spacial score (nSPS) is 14.9. The van der Waals surface area contributed by atoms with Crippen LogP contribution < -0.4 is 4.74 Å². The van der Waals surface area contributed by atoms with Gasteiger partial charge in [0.1, 0.15) is 6.61 Å². The molecule has 0 aliphatic heterocycles. The van der Waals surface area contributed by atoms with E-state index in [9.17, 15) is 9.18 Å². The van der Waals surface area contributed by atoms with Gasteiger partial charge in [0.2, 0.25) is 5.91 Å². The number of para-hydroxylation sites is 1. The molecule has 2 aromatic rings. The van der Waals surface area contributed by atoms with Crippen LogP contribution in [0.5, 0.6) is 5.75 Å². The number of rotatable bonds is 6. The number of carbonyl (C=O) groups excluding carboxylic acids is 1. The van der Waals surface area contributed by atoms with Crippen LogP contribution in [-0.4, -0.2) is 31.0 Å². The van der Waals surface area contributed by atoms with Gasteiger partial charge in [0, 0.05) is 7.05 Å². The maximum Gasteiger partial charge on any atom is 0.233 e. The number of amides is 1. The molecule has 0 atom stereocenters. The zero-order valence-corrected chi connectivity index (χ0v) is 15.0. The molecule has 25 heavy (non-hydrogen) atoms. The van der Waals surface area contributed by atoms with Gasteiger partial charge in [0.05, 0.1) is 12.0 Å². The molecule has 1 amide bonds. The summed E-state index contributed by atoms with van der Waals surface area (Å²) in [5.41, 5.74) is 3.08. The summed E-state index contributed by atoms with van der Waals surface area (Å²) in [6.45, 7) is 4.82. The predicted octanol–water partition coefficient (Wildman–Crippen LogP) is 4.01. The SMILES string of the molecule is Cc1cc(C)cc(C2(C(=O)N(C)CCOc3ccccc3F)CC2)c1. The number of ether oxygens (including phenoxy) is 1. The second-order valence-electron chi connectivity index (χ2n) is 6.96. The fourth-order valence-electron chi connectivity index (χ4n) is 3.32. The second-order valence-corrected chi connectivity index (χ2v) is 6.96. The van der Waals surface area contributed by atoms with E-state index in [1.54, 1.807) is 30.1 Å². The summed E-state index contributed by atoms with van der Waals surface area (Å²) < 4.78 is 19.0. The lowest BCUT2D eigenvalue weighted by Gasteiger charge is -2.24. The van der Waals surface area contributed by atoms with E-state index in [4.69, 9.17) is 4.74 Å². The molecule has 0 radical (unpaired) electrons. The molecule has 2 aromatic carbocycles. The van der Waals surface area contributed by atoms with Crippen LogP contribution in [0.1, 0.15) is 29.5 Å². The van der Waals surface area contributed by atoms with E-state index in [2.05, 4.69) is 32.0 Å². The minimum Gasteiger partial charge on any atom is -0.489 e. The Morgan fingerprint density at radius 1 is 1.16 bits per heavy atom. The Morgan fingerprint density at radius 3 is 2.40 bits per heavy atom. The molecule has 3 nitrogen and oxygen atoms in total. The van der Waals surface area contributed by atoms with Crippen LogP contribution >= 0.6 is 0 Å². The van der Waals surface area contributed by atoms with Gasteiger partial charge in [-0.2, -0.15) is 0 Å². The summed E-state index contributed by atoms with van der Waals surface area (Å²) in [7, 11) is 1.79. The fourth-order valence-corrected chi connectivity index (χ4v) is 3.32. The standard InChI is InChI=1S/C21H24FNO2/c1-15-12-16(2)14-17(13-15)21(8-9-21)20(24)23(3)10-11-25-19-7-5-4-6-18(19)22/h4-7,12-14H,8-11H2,1-3H3. The van der Waals surface area contributed by atoms with Crippen LogP contribution in [0.4, 0.5) is 4.39 Å². The molecule has 0 heterocycles. The molecule has 0 unspecified atom stereocenters. The highest BCUT2D eigenvalue weighted by atomic mass is 19.1. The van der Waals surface area contributed by atoms with Crippen LogP contribution in [0.3, 0.4) is 0 Å². The highest BCUT2D eigenvalue weighted by molar-refractivity contribution is 5.91. The minimum atomic E-state index is -0.385. The average molecular weight is 341 g/mol. The third kappa shape index (κ3) is 3.68. The molecule has 0 bridgehead atoms. The Morgan fingerprint density at radius 2 is 1.80 bits per heavy atom. The summed E-state index contributed by atoms with van der Waals surface area (Å²) in [5.74, 6) is -0.0428. The van der Waals surface area contributed by atoms with Crippen molar-refractivity contribution in [2.24, 2.45) is 0 Å². The van der Waals surface area contributed by atoms with Crippen molar-refractivity contribution in [3.05, 3.63) is 65.0 Å². The lowest BCUT2D eigenvalue weighted by atomic mass is 9.91. The van der Waals surface area contributed by atoms with E-state index in [0.717, 1.165) is 18.4 Å². The number of hydrogen-bond donors (Lipinski definition) is 0. The van der Waals surface area contributed by atoms with Gasteiger partial charge >= 0.3 is 0 Å². The first kappa shape index (κ1) is 17.5. The van der Waals surface area contributed by atoms with E-state index in [0.29, 0.717) is 6.54 Å². The second kappa shape index (κ2) is 6.87. The number of likely N-dealkylation sites (N-methyl/N-ethyl adjacent to an activating group) is 1. The molecule has 4 heteroatoms. The van der Waals surface area contributed by atoms with Crippen molar-refractivity contribution < 1.29 is 13.9 Å². The van der Waals surface area contributed by atoms with Gasteiger partial charge in [-0.15, -0.1) is 0 Å². The summed E-state index contributed by atoms with van der Waals surface area (Å²) in [6, 6.07) is 12.7. The van der Waals surface area contributed by atoms with Gasteiger partial charge in [-0.05, 0) is 44.4 Å². The van der Waals surface area contributed by atoms with Crippen molar-refractivity contribution in [3.8, 4) is 5.75 Å². The topological polar surface area (TPSA) is 29.5 Å². The predicted molar refractivity (Wildman–Crippen MR) is 96.4 cm³/mol. The summed E-state index contributed by atoms with van der Waals surface area (Å²) >= 11 is 0. The van der Waals surface area contributed by atoms with Crippen LogP contribution in [-0.2, 0) is 10.2 Å². The van der Waals surface area contributed by atoms with Gasteiger partial charge in [-0.1, -0.05) is 41.5 Å².